The van der Waals surface area contributed by atoms with Crippen molar-refractivity contribution in [1.82, 2.24) is 15.2 Å². The van der Waals surface area contributed by atoms with E-state index in [0.29, 0.717) is 18.4 Å². The quantitative estimate of drug-likeness (QED) is 0.860. The predicted molar refractivity (Wildman–Crippen MR) is 79.1 cm³/mol. The second kappa shape index (κ2) is 6.98. The molecule has 1 saturated heterocycles. The van der Waals surface area contributed by atoms with Crippen molar-refractivity contribution in [3.05, 3.63) is 22.8 Å². The van der Waals surface area contributed by atoms with Crippen molar-refractivity contribution in [2.75, 3.05) is 32.0 Å². The lowest BCUT2D eigenvalue weighted by molar-refractivity contribution is -0.117. The number of hydrogen-bond acceptors (Lipinski definition) is 4. The Morgan fingerprint density at radius 3 is 3.11 bits per heavy atom. The van der Waals surface area contributed by atoms with E-state index in [1.807, 2.05) is 18.0 Å². The number of likely N-dealkylation sites (N-methyl/N-ethyl adjacent to an activating group) is 1. The van der Waals surface area contributed by atoms with Crippen molar-refractivity contribution in [3.8, 4) is 0 Å². The van der Waals surface area contributed by atoms with Crippen LogP contribution >= 0.6 is 15.9 Å². The first-order valence-electron chi connectivity index (χ1n) is 6.47. The number of aromatic nitrogens is 1. The van der Waals surface area contributed by atoms with Gasteiger partial charge in [-0.1, -0.05) is 0 Å². The van der Waals surface area contributed by atoms with E-state index >= 15 is 0 Å². The van der Waals surface area contributed by atoms with Crippen LogP contribution in [0.1, 0.15) is 12.8 Å². The van der Waals surface area contributed by atoms with Crippen molar-refractivity contribution >= 4 is 27.7 Å². The molecule has 0 saturated carbocycles. The summed E-state index contributed by atoms with van der Waals surface area (Å²) in [5, 5.41) is 6.22. The highest BCUT2D eigenvalue weighted by atomic mass is 79.9. The maximum absolute atomic E-state index is 11.9. The first kappa shape index (κ1) is 14.4. The fourth-order valence-corrected chi connectivity index (χ4v) is 2.47. The maximum atomic E-state index is 11.9. The summed E-state index contributed by atoms with van der Waals surface area (Å²) in [5.74, 6) is 0.552. The zero-order chi connectivity index (χ0) is 13.7. The Labute approximate surface area is 121 Å². The number of nitrogens with one attached hydrogen (secondary N) is 2. The molecule has 1 amide bonds. The van der Waals surface area contributed by atoms with E-state index in [-0.39, 0.29) is 5.91 Å². The largest absolute Gasteiger partial charge is 0.313 e. The highest BCUT2D eigenvalue weighted by molar-refractivity contribution is 9.10. The SMILES string of the molecule is CN(CC(=O)Nc1ccc(Br)cn1)CC1CCCN1. The monoisotopic (exact) mass is 326 g/mol. The minimum absolute atomic E-state index is 0.0321. The van der Waals surface area contributed by atoms with Crippen LogP contribution in [0.15, 0.2) is 22.8 Å². The molecule has 1 unspecified atom stereocenters. The molecule has 0 aliphatic carbocycles. The third-order valence-electron chi connectivity index (χ3n) is 3.10. The molecule has 0 radical (unpaired) electrons. The average Bonchev–Trinajstić information content (AvgIpc) is 2.84. The van der Waals surface area contributed by atoms with Crippen LogP contribution in [0.5, 0.6) is 0 Å². The molecule has 1 aliphatic rings. The highest BCUT2D eigenvalue weighted by Crippen LogP contribution is 2.10. The molecule has 0 spiro atoms. The Bertz CT molecular complexity index is 417. The smallest absolute Gasteiger partial charge is 0.239 e. The Kier molecular flexibility index (Phi) is 5.30. The normalized spacial score (nSPS) is 18.8. The van der Waals surface area contributed by atoms with Crippen molar-refractivity contribution in [3.63, 3.8) is 0 Å². The van der Waals surface area contributed by atoms with Gasteiger partial charge in [-0.05, 0) is 54.5 Å². The van der Waals surface area contributed by atoms with Crippen molar-refractivity contribution < 1.29 is 4.79 Å². The number of nitrogens with zero attached hydrogens (tertiary/aromatic N) is 2. The Morgan fingerprint density at radius 1 is 1.63 bits per heavy atom. The van der Waals surface area contributed by atoms with Gasteiger partial charge in [-0.15, -0.1) is 0 Å². The number of carbonyl (C=O) groups is 1. The van der Waals surface area contributed by atoms with Crippen LogP contribution in [-0.2, 0) is 4.79 Å². The van der Waals surface area contributed by atoms with Crippen molar-refractivity contribution in [2.45, 2.75) is 18.9 Å². The third kappa shape index (κ3) is 4.89. The number of halogens is 1. The summed E-state index contributed by atoms with van der Waals surface area (Å²) < 4.78 is 0.898. The van der Waals surface area contributed by atoms with E-state index < -0.39 is 0 Å². The summed E-state index contributed by atoms with van der Waals surface area (Å²) in [5.41, 5.74) is 0. The third-order valence-corrected chi connectivity index (χ3v) is 3.57. The standard InChI is InChI=1S/C13H19BrN4O/c1-18(8-11-3-2-6-15-11)9-13(19)17-12-5-4-10(14)7-16-12/h4-5,7,11,15H,2-3,6,8-9H2,1H3,(H,16,17,19). The second-order valence-electron chi connectivity index (χ2n) is 4.90. The van der Waals surface area contributed by atoms with Gasteiger partial charge in [-0.3, -0.25) is 9.69 Å². The van der Waals surface area contributed by atoms with E-state index in [4.69, 9.17) is 0 Å². The molecule has 1 aromatic rings. The summed E-state index contributed by atoms with van der Waals surface area (Å²) in [6.45, 7) is 2.38. The van der Waals surface area contributed by atoms with Gasteiger partial charge >= 0.3 is 0 Å². The van der Waals surface area contributed by atoms with Gasteiger partial charge in [-0.25, -0.2) is 4.98 Å². The minimum atomic E-state index is -0.0321. The number of pyridine rings is 1. The molecule has 1 fully saturated rings. The van der Waals surface area contributed by atoms with Crippen LogP contribution in [0.2, 0.25) is 0 Å². The number of amides is 1. The second-order valence-corrected chi connectivity index (χ2v) is 5.82. The fraction of sp³-hybridized carbons (Fsp3) is 0.538. The maximum Gasteiger partial charge on any atom is 0.239 e. The Hall–Kier alpha value is -0.980. The van der Waals surface area contributed by atoms with Gasteiger partial charge in [0.05, 0.1) is 6.54 Å². The first-order chi connectivity index (χ1) is 9.13. The molecular formula is C13H19BrN4O. The molecule has 0 aromatic carbocycles. The zero-order valence-corrected chi connectivity index (χ0v) is 12.6. The summed E-state index contributed by atoms with van der Waals surface area (Å²) in [4.78, 5) is 18.0. The van der Waals surface area contributed by atoms with Crippen LogP contribution in [0, 0.1) is 0 Å². The minimum Gasteiger partial charge on any atom is -0.313 e. The number of anilines is 1. The molecule has 1 atom stereocenters. The van der Waals surface area contributed by atoms with Gasteiger partial charge in [0, 0.05) is 23.3 Å². The summed E-state index contributed by atoms with van der Waals surface area (Å²) in [7, 11) is 1.97. The van der Waals surface area contributed by atoms with Crippen LogP contribution < -0.4 is 10.6 Å². The van der Waals surface area contributed by atoms with Gasteiger partial charge in [0.25, 0.3) is 0 Å². The van der Waals surface area contributed by atoms with Crippen molar-refractivity contribution in [2.24, 2.45) is 0 Å². The van der Waals surface area contributed by atoms with Gasteiger partial charge in [-0.2, -0.15) is 0 Å². The fourth-order valence-electron chi connectivity index (χ4n) is 2.23. The molecule has 0 bridgehead atoms. The number of hydrogen-bond donors (Lipinski definition) is 2. The first-order valence-corrected chi connectivity index (χ1v) is 7.26. The molecule has 1 aliphatic heterocycles. The molecule has 1 aromatic heterocycles. The highest BCUT2D eigenvalue weighted by Gasteiger charge is 2.17. The van der Waals surface area contributed by atoms with E-state index in [2.05, 4.69) is 31.5 Å². The molecule has 2 rings (SSSR count). The number of carbonyl (C=O) groups excluding carboxylic acids is 1. The Morgan fingerprint density at radius 2 is 2.47 bits per heavy atom. The average molecular weight is 327 g/mol. The predicted octanol–water partition coefficient (Wildman–Crippen LogP) is 1.47. The van der Waals surface area contributed by atoms with Gasteiger partial charge in [0.15, 0.2) is 0 Å². The lowest BCUT2D eigenvalue weighted by Gasteiger charge is -2.20. The van der Waals surface area contributed by atoms with E-state index in [1.54, 1.807) is 12.3 Å². The van der Waals surface area contributed by atoms with E-state index in [0.717, 1.165) is 17.6 Å². The molecule has 6 heteroatoms. The lowest BCUT2D eigenvalue weighted by Crippen LogP contribution is -2.39. The van der Waals surface area contributed by atoms with Crippen molar-refractivity contribution in [1.29, 1.82) is 0 Å². The van der Waals surface area contributed by atoms with Crippen LogP contribution in [0.3, 0.4) is 0 Å². The Balaban J connectivity index is 1.75. The molecule has 2 heterocycles. The van der Waals surface area contributed by atoms with E-state index in [9.17, 15) is 4.79 Å². The topological polar surface area (TPSA) is 57.3 Å². The van der Waals surface area contributed by atoms with E-state index in [1.165, 1.54) is 12.8 Å². The van der Waals surface area contributed by atoms with Gasteiger partial charge in [0.1, 0.15) is 5.82 Å². The molecular weight excluding hydrogens is 308 g/mol. The zero-order valence-electron chi connectivity index (χ0n) is 11.0. The van der Waals surface area contributed by atoms with Crippen LogP contribution in [-0.4, -0.2) is 48.5 Å². The lowest BCUT2D eigenvalue weighted by atomic mass is 10.2. The summed E-state index contributed by atoms with van der Waals surface area (Å²) in [6, 6.07) is 4.15. The molecule has 2 N–H and O–H groups in total. The van der Waals surface area contributed by atoms with Gasteiger partial charge < -0.3 is 10.6 Å². The molecule has 104 valence electrons. The van der Waals surface area contributed by atoms with Crippen LogP contribution in [0.25, 0.3) is 0 Å². The van der Waals surface area contributed by atoms with Crippen LogP contribution in [0.4, 0.5) is 5.82 Å². The molecule has 5 nitrogen and oxygen atoms in total. The summed E-state index contributed by atoms with van der Waals surface area (Å²) in [6.07, 6.45) is 4.09. The summed E-state index contributed by atoms with van der Waals surface area (Å²) >= 11 is 3.31. The number of rotatable bonds is 5. The molecule has 19 heavy (non-hydrogen) atoms. The van der Waals surface area contributed by atoms with Gasteiger partial charge in [0.2, 0.25) is 5.91 Å².